The van der Waals surface area contributed by atoms with Gasteiger partial charge in [0.15, 0.2) is 0 Å². The molecule has 0 spiro atoms. The van der Waals surface area contributed by atoms with Crippen LogP contribution in [0.3, 0.4) is 0 Å². The third-order valence-corrected chi connectivity index (χ3v) is 2.40. The Morgan fingerprint density at radius 2 is 1.78 bits per heavy atom. The van der Waals surface area contributed by atoms with Crippen molar-refractivity contribution in [3.8, 4) is 0 Å². The molecule has 0 amide bonds. The second-order valence-electron chi connectivity index (χ2n) is 5.25. The van der Waals surface area contributed by atoms with E-state index in [9.17, 15) is 0 Å². The molecule has 0 unspecified atom stereocenters. The van der Waals surface area contributed by atoms with Crippen molar-refractivity contribution in [3.63, 3.8) is 0 Å². The van der Waals surface area contributed by atoms with Gasteiger partial charge in [-0.1, -0.05) is 20.8 Å². The zero-order valence-corrected chi connectivity index (χ0v) is 11.7. The van der Waals surface area contributed by atoms with Crippen molar-refractivity contribution in [2.75, 3.05) is 30.3 Å². The zero-order chi connectivity index (χ0) is 13.6. The van der Waals surface area contributed by atoms with E-state index in [0.29, 0.717) is 13.0 Å². The molecule has 0 saturated carbocycles. The van der Waals surface area contributed by atoms with Crippen LogP contribution in [0.25, 0.3) is 0 Å². The number of rotatable bonds is 6. The Hall–Kier alpha value is -1.36. The Morgan fingerprint density at radius 1 is 1.17 bits per heavy atom. The fourth-order valence-corrected chi connectivity index (χ4v) is 1.44. The number of hydrogen-bond donors (Lipinski definition) is 3. The summed E-state index contributed by atoms with van der Waals surface area (Å²) in [5, 5.41) is 15.2. The molecule has 0 aliphatic rings. The van der Waals surface area contributed by atoms with Crippen LogP contribution in [0.1, 0.15) is 39.9 Å². The molecule has 18 heavy (non-hydrogen) atoms. The van der Waals surface area contributed by atoms with Crippen LogP contribution in [-0.4, -0.2) is 34.8 Å². The van der Waals surface area contributed by atoms with Crippen LogP contribution in [0.5, 0.6) is 0 Å². The molecule has 1 rings (SSSR count). The zero-order valence-electron chi connectivity index (χ0n) is 11.7. The summed E-state index contributed by atoms with van der Waals surface area (Å²) in [4.78, 5) is 9.03. The van der Waals surface area contributed by atoms with E-state index in [-0.39, 0.29) is 12.0 Å². The quantitative estimate of drug-likeness (QED) is 0.676. The number of nitrogens with zero attached hydrogens (tertiary/aromatic N) is 2. The Bertz CT molecular complexity index is 374. The maximum Gasteiger partial charge on any atom is 0.138 e. The molecule has 0 bridgehead atoms. The van der Waals surface area contributed by atoms with E-state index in [1.165, 1.54) is 0 Å². The smallest absolute Gasteiger partial charge is 0.138 e. The van der Waals surface area contributed by atoms with Crippen LogP contribution < -0.4 is 10.6 Å². The number of anilines is 2. The molecule has 0 aromatic carbocycles. The van der Waals surface area contributed by atoms with Gasteiger partial charge in [-0.15, -0.1) is 0 Å². The van der Waals surface area contributed by atoms with Crippen molar-refractivity contribution < 1.29 is 5.11 Å². The van der Waals surface area contributed by atoms with Gasteiger partial charge in [0.2, 0.25) is 0 Å². The van der Waals surface area contributed by atoms with E-state index in [1.807, 2.05) is 13.0 Å². The molecule has 5 heteroatoms. The van der Waals surface area contributed by atoms with Gasteiger partial charge in [-0.25, -0.2) is 9.97 Å². The highest BCUT2D eigenvalue weighted by atomic mass is 16.3. The van der Waals surface area contributed by atoms with E-state index in [0.717, 1.165) is 24.0 Å². The van der Waals surface area contributed by atoms with Gasteiger partial charge in [-0.3, -0.25) is 0 Å². The third-order valence-electron chi connectivity index (χ3n) is 2.40. The number of aliphatic hydroxyl groups is 1. The topological polar surface area (TPSA) is 70.1 Å². The first kappa shape index (κ1) is 14.7. The highest BCUT2D eigenvalue weighted by Gasteiger charge is 2.18. The maximum absolute atomic E-state index is 8.78. The van der Waals surface area contributed by atoms with Gasteiger partial charge >= 0.3 is 0 Å². The van der Waals surface area contributed by atoms with Crippen LogP contribution in [0.2, 0.25) is 0 Å². The molecular formula is C13H24N4O. The van der Waals surface area contributed by atoms with Gasteiger partial charge in [0.1, 0.15) is 17.5 Å². The van der Waals surface area contributed by atoms with Crippen LogP contribution in [0.4, 0.5) is 11.6 Å². The molecule has 1 heterocycles. The number of aliphatic hydroxyl groups excluding tert-OH is 1. The number of nitrogens with one attached hydrogen (secondary N) is 2. The van der Waals surface area contributed by atoms with Gasteiger partial charge in [0, 0.05) is 31.2 Å². The minimum Gasteiger partial charge on any atom is -0.396 e. The molecule has 0 saturated heterocycles. The van der Waals surface area contributed by atoms with Crippen molar-refractivity contribution in [3.05, 3.63) is 11.9 Å². The van der Waals surface area contributed by atoms with Crippen molar-refractivity contribution >= 4 is 11.6 Å². The average Bonchev–Trinajstić information content (AvgIpc) is 2.28. The Balaban J connectivity index is 2.91. The molecule has 0 aliphatic carbocycles. The van der Waals surface area contributed by atoms with Gasteiger partial charge in [0.05, 0.1) is 0 Å². The lowest BCUT2D eigenvalue weighted by Gasteiger charge is -2.19. The van der Waals surface area contributed by atoms with Crippen molar-refractivity contribution in [2.45, 2.75) is 39.5 Å². The Kier molecular flexibility index (Phi) is 5.34. The third kappa shape index (κ3) is 4.49. The molecule has 0 atom stereocenters. The van der Waals surface area contributed by atoms with E-state index in [4.69, 9.17) is 5.11 Å². The van der Waals surface area contributed by atoms with Gasteiger partial charge in [0.25, 0.3) is 0 Å². The fourth-order valence-electron chi connectivity index (χ4n) is 1.44. The number of hydrogen-bond acceptors (Lipinski definition) is 5. The number of aromatic nitrogens is 2. The predicted molar refractivity (Wildman–Crippen MR) is 75.1 cm³/mol. The highest BCUT2D eigenvalue weighted by molar-refractivity contribution is 5.48. The summed E-state index contributed by atoms with van der Waals surface area (Å²) in [6, 6.07) is 1.90. The average molecular weight is 252 g/mol. The lowest BCUT2D eigenvalue weighted by Crippen LogP contribution is -2.19. The normalized spacial score (nSPS) is 11.4. The van der Waals surface area contributed by atoms with Crippen LogP contribution in [-0.2, 0) is 5.41 Å². The van der Waals surface area contributed by atoms with E-state index in [1.54, 1.807) is 0 Å². The largest absolute Gasteiger partial charge is 0.396 e. The van der Waals surface area contributed by atoms with E-state index >= 15 is 0 Å². The Labute approximate surface area is 109 Å². The lowest BCUT2D eigenvalue weighted by atomic mass is 9.96. The molecule has 1 aromatic heterocycles. The second kappa shape index (κ2) is 6.54. The molecule has 5 nitrogen and oxygen atoms in total. The van der Waals surface area contributed by atoms with Gasteiger partial charge < -0.3 is 15.7 Å². The first-order valence-electron chi connectivity index (χ1n) is 6.45. The van der Waals surface area contributed by atoms with Crippen LogP contribution in [0.15, 0.2) is 6.07 Å². The summed E-state index contributed by atoms with van der Waals surface area (Å²) >= 11 is 0. The standard InChI is InChI=1S/C13H24N4O/c1-5-14-10-9-11(15-7-6-8-18)17-12(16-10)13(2,3)4/h9,18H,5-8H2,1-4H3,(H2,14,15,16,17). The summed E-state index contributed by atoms with van der Waals surface area (Å²) in [6.45, 7) is 10.0. The first-order valence-corrected chi connectivity index (χ1v) is 6.45. The van der Waals surface area contributed by atoms with Crippen LogP contribution in [0, 0.1) is 0 Å². The van der Waals surface area contributed by atoms with Crippen molar-refractivity contribution in [1.29, 1.82) is 0 Å². The van der Waals surface area contributed by atoms with E-state index < -0.39 is 0 Å². The monoisotopic (exact) mass is 252 g/mol. The molecule has 0 fully saturated rings. The molecule has 0 aliphatic heterocycles. The highest BCUT2D eigenvalue weighted by Crippen LogP contribution is 2.22. The van der Waals surface area contributed by atoms with Crippen LogP contribution >= 0.6 is 0 Å². The molecule has 1 aromatic rings. The summed E-state index contributed by atoms with van der Waals surface area (Å²) in [5.41, 5.74) is -0.0845. The lowest BCUT2D eigenvalue weighted by molar-refractivity contribution is 0.292. The molecule has 3 N–H and O–H groups in total. The fraction of sp³-hybridized carbons (Fsp3) is 0.692. The molecular weight excluding hydrogens is 228 g/mol. The molecule has 0 radical (unpaired) electrons. The van der Waals surface area contributed by atoms with Gasteiger partial charge in [-0.2, -0.15) is 0 Å². The predicted octanol–water partition coefficient (Wildman–Crippen LogP) is 2.00. The first-order chi connectivity index (χ1) is 8.47. The second-order valence-corrected chi connectivity index (χ2v) is 5.25. The van der Waals surface area contributed by atoms with Crippen molar-refractivity contribution in [2.24, 2.45) is 0 Å². The minimum absolute atomic E-state index is 0.0845. The summed E-state index contributed by atoms with van der Waals surface area (Å²) in [6.07, 6.45) is 0.714. The SMILES string of the molecule is CCNc1cc(NCCCO)nc(C(C)(C)C)n1. The van der Waals surface area contributed by atoms with E-state index in [2.05, 4.69) is 41.4 Å². The molecule has 102 valence electrons. The maximum atomic E-state index is 8.78. The minimum atomic E-state index is -0.0845. The van der Waals surface area contributed by atoms with Crippen molar-refractivity contribution in [1.82, 2.24) is 9.97 Å². The summed E-state index contributed by atoms with van der Waals surface area (Å²) < 4.78 is 0. The summed E-state index contributed by atoms with van der Waals surface area (Å²) in [7, 11) is 0. The van der Waals surface area contributed by atoms with Gasteiger partial charge in [-0.05, 0) is 13.3 Å². The Morgan fingerprint density at radius 3 is 2.28 bits per heavy atom. The summed E-state index contributed by atoms with van der Waals surface area (Å²) in [5.74, 6) is 2.45.